The number of rotatable bonds is 3. The molecule has 0 saturated carbocycles. The first-order valence-electron chi connectivity index (χ1n) is 3.85. The van der Waals surface area contributed by atoms with E-state index in [1.165, 1.54) is 0 Å². The summed E-state index contributed by atoms with van der Waals surface area (Å²) in [5, 5.41) is 21.4. The number of aromatic hydroxyl groups is 1. The third kappa shape index (κ3) is 4.11. The van der Waals surface area contributed by atoms with Crippen molar-refractivity contribution in [2.75, 3.05) is 13.6 Å². The zero-order chi connectivity index (χ0) is 8.97. The van der Waals surface area contributed by atoms with Gasteiger partial charge >= 0.3 is 29.6 Å². The molecule has 0 amide bonds. The second-order valence-corrected chi connectivity index (χ2v) is 2.67. The van der Waals surface area contributed by atoms with Gasteiger partial charge in [0.2, 0.25) is 0 Å². The van der Waals surface area contributed by atoms with E-state index < -0.39 is 6.10 Å². The van der Waals surface area contributed by atoms with Gasteiger partial charge in [-0.05, 0) is 24.7 Å². The van der Waals surface area contributed by atoms with E-state index in [-0.39, 0.29) is 35.3 Å². The van der Waals surface area contributed by atoms with Crippen LogP contribution in [0.25, 0.3) is 0 Å². The summed E-state index contributed by atoms with van der Waals surface area (Å²) in [5.41, 5.74) is 0.726. The molecule has 1 atom stereocenters. The molecule has 0 saturated heterocycles. The number of phenols is 1. The van der Waals surface area contributed by atoms with E-state index >= 15 is 0 Å². The number of phenolic OH excluding ortho intramolecular Hbond substituents is 1. The van der Waals surface area contributed by atoms with E-state index in [1.54, 1.807) is 31.3 Å². The number of aliphatic hydroxyl groups is 1. The molecule has 1 aromatic carbocycles. The molecule has 4 heteroatoms. The molecule has 0 fully saturated rings. The Morgan fingerprint density at radius 3 is 2.69 bits per heavy atom. The fourth-order valence-corrected chi connectivity index (χ4v) is 1.04. The van der Waals surface area contributed by atoms with Crippen LogP contribution in [0, 0.1) is 0 Å². The zero-order valence-electron chi connectivity index (χ0n) is 6.99. The fraction of sp³-hybridized carbons (Fsp3) is 0.333. The first-order chi connectivity index (χ1) is 5.74. The van der Waals surface area contributed by atoms with Crippen LogP contribution in [0.15, 0.2) is 24.3 Å². The molecule has 0 aliphatic heterocycles. The summed E-state index contributed by atoms with van der Waals surface area (Å²) in [5.74, 6) is 0.183. The molecule has 0 aliphatic rings. The topological polar surface area (TPSA) is 52.5 Å². The normalized spacial score (nSPS) is 11.8. The fourth-order valence-electron chi connectivity index (χ4n) is 1.04. The Labute approximate surface area is 100 Å². The van der Waals surface area contributed by atoms with Gasteiger partial charge in [0.05, 0.1) is 6.10 Å². The Hall–Kier alpha value is -0.0600. The van der Waals surface area contributed by atoms with Crippen molar-refractivity contribution >= 4 is 29.6 Å². The molecule has 0 aliphatic carbocycles. The molecule has 0 spiro atoms. The molecule has 0 aromatic heterocycles. The van der Waals surface area contributed by atoms with E-state index in [9.17, 15) is 5.11 Å². The van der Waals surface area contributed by atoms with Crippen LogP contribution in [0.5, 0.6) is 5.75 Å². The van der Waals surface area contributed by atoms with Crippen LogP contribution < -0.4 is 5.32 Å². The van der Waals surface area contributed by atoms with Crippen molar-refractivity contribution in [3.05, 3.63) is 29.8 Å². The third-order valence-corrected chi connectivity index (χ3v) is 1.65. The van der Waals surface area contributed by atoms with E-state index in [4.69, 9.17) is 5.11 Å². The summed E-state index contributed by atoms with van der Waals surface area (Å²) in [4.78, 5) is 0. The van der Waals surface area contributed by atoms with Crippen molar-refractivity contribution in [1.82, 2.24) is 5.32 Å². The van der Waals surface area contributed by atoms with Gasteiger partial charge in [0.15, 0.2) is 0 Å². The number of aliphatic hydroxyl groups excluding tert-OH is 1. The van der Waals surface area contributed by atoms with Crippen LogP contribution in [0.3, 0.4) is 0 Å². The molecular formula is C9H14NNaO2. The molecule has 0 heterocycles. The van der Waals surface area contributed by atoms with Crippen LogP contribution in [-0.2, 0) is 0 Å². The molecular weight excluding hydrogens is 177 g/mol. The number of nitrogens with one attached hydrogen (secondary N) is 1. The average molecular weight is 191 g/mol. The second-order valence-electron chi connectivity index (χ2n) is 2.67. The molecule has 0 unspecified atom stereocenters. The molecule has 13 heavy (non-hydrogen) atoms. The van der Waals surface area contributed by atoms with Gasteiger partial charge in [-0.3, -0.25) is 0 Å². The zero-order valence-corrected chi connectivity index (χ0v) is 6.99. The SMILES string of the molecule is CNC[C@H](O)c1cccc(O)c1.[NaH]. The van der Waals surface area contributed by atoms with Crippen molar-refractivity contribution in [3.63, 3.8) is 0 Å². The quantitative estimate of drug-likeness (QED) is 0.589. The Bertz CT molecular complexity index is 255. The van der Waals surface area contributed by atoms with Crippen LogP contribution >= 0.6 is 0 Å². The van der Waals surface area contributed by atoms with E-state index in [0.29, 0.717) is 6.54 Å². The molecule has 1 rings (SSSR count). The van der Waals surface area contributed by atoms with Gasteiger partial charge in [-0.1, -0.05) is 12.1 Å². The Morgan fingerprint density at radius 1 is 1.46 bits per heavy atom. The van der Waals surface area contributed by atoms with Gasteiger partial charge in [-0.15, -0.1) is 0 Å². The summed E-state index contributed by atoms with van der Waals surface area (Å²) in [6.45, 7) is 0.490. The first kappa shape index (κ1) is 12.9. The number of hydrogen-bond donors (Lipinski definition) is 3. The summed E-state index contributed by atoms with van der Waals surface area (Å²) in [7, 11) is 1.77. The van der Waals surface area contributed by atoms with E-state index in [2.05, 4.69) is 5.32 Å². The molecule has 3 nitrogen and oxygen atoms in total. The summed E-state index contributed by atoms with van der Waals surface area (Å²) < 4.78 is 0. The molecule has 3 N–H and O–H groups in total. The maximum atomic E-state index is 9.47. The summed E-state index contributed by atoms with van der Waals surface area (Å²) >= 11 is 0. The van der Waals surface area contributed by atoms with Crippen molar-refractivity contribution in [2.24, 2.45) is 0 Å². The van der Waals surface area contributed by atoms with Crippen molar-refractivity contribution in [1.29, 1.82) is 0 Å². The number of hydrogen-bond acceptors (Lipinski definition) is 3. The minimum absolute atomic E-state index is 0. The third-order valence-electron chi connectivity index (χ3n) is 1.65. The summed E-state index contributed by atoms with van der Waals surface area (Å²) in [6.07, 6.45) is -0.554. The maximum absolute atomic E-state index is 9.47. The molecule has 68 valence electrons. The second kappa shape index (κ2) is 6.40. The van der Waals surface area contributed by atoms with Crippen molar-refractivity contribution in [2.45, 2.75) is 6.10 Å². The van der Waals surface area contributed by atoms with E-state index in [0.717, 1.165) is 5.56 Å². The molecule has 1 aromatic rings. The van der Waals surface area contributed by atoms with E-state index in [1.807, 2.05) is 0 Å². The summed E-state index contributed by atoms with van der Waals surface area (Å²) in [6, 6.07) is 6.63. The number of likely N-dealkylation sites (N-methyl/N-ethyl adjacent to an activating group) is 1. The standard InChI is InChI=1S/C9H13NO2.Na.H/c1-10-6-9(12)7-3-2-4-8(11)5-7;;/h2-5,9-12H,6H2,1H3;;/t9-;;/m0../s1. The van der Waals surface area contributed by atoms with Gasteiger partial charge in [0, 0.05) is 6.54 Å². The average Bonchev–Trinajstić information content (AvgIpc) is 2.05. The van der Waals surface area contributed by atoms with Crippen LogP contribution in [0.1, 0.15) is 11.7 Å². The number of benzene rings is 1. The van der Waals surface area contributed by atoms with Crippen LogP contribution in [-0.4, -0.2) is 53.4 Å². The van der Waals surface area contributed by atoms with Gasteiger partial charge in [0.1, 0.15) is 5.75 Å². The Balaban J connectivity index is 0.00000144. The van der Waals surface area contributed by atoms with Gasteiger partial charge < -0.3 is 15.5 Å². The van der Waals surface area contributed by atoms with Crippen LogP contribution in [0.2, 0.25) is 0 Å². The van der Waals surface area contributed by atoms with Crippen LogP contribution in [0.4, 0.5) is 0 Å². The Kier molecular flexibility index (Phi) is 6.37. The first-order valence-corrected chi connectivity index (χ1v) is 3.85. The van der Waals surface area contributed by atoms with Gasteiger partial charge in [-0.2, -0.15) is 0 Å². The van der Waals surface area contributed by atoms with Crippen molar-refractivity contribution in [3.8, 4) is 5.75 Å². The van der Waals surface area contributed by atoms with Gasteiger partial charge in [0.25, 0.3) is 0 Å². The predicted molar refractivity (Wildman–Crippen MR) is 54.1 cm³/mol. The monoisotopic (exact) mass is 191 g/mol. The minimum atomic E-state index is -0.554. The van der Waals surface area contributed by atoms with Gasteiger partial charge in [-0.25, -0.2) is 0 Å². The molecule has 0 radical (unpaired) electrons. The molecule has 0 bridgehead atoms. The van der Waals surface area contributed by atoms with Crippen molar-refractivity contribution < 1.29 is 10.2 Å². The predicted octanol–water partition coefficient (Wildman–Crippen LogP) is -0.00350. The Morgan fingerprint density at radius 2 is 2.15 bits per heavy atom.